The number of fused-ring (bicyclic) bond motifs is 5. The Labute approximate surface area is 179 Å². The van der Waals surface area contributed by atoms with E-state index in [2.05, 4.69) is 26.1 Å². The van der Waals surface area contributed by atoms with Crippen LogP contribution in [0.1, 0.15) is 66.4 Å². The van der Waals surface area contributed by atoms with Gasteiger partial charge in [0.2, 0.25) is 0 Å². The second-order valence-electron chi connectivity index (χ2n) is 9.18. The lowest BCUT2D eigenvalue weighted by Gasteiger charge is -2.50. The molecule has 0 radical (unpaired) electrons. The molecule has 0 heterocycles. The van der Waals surface area contributed by atoms with Crippen molar-refractivity contribution in [2.75, 3.05) is 0 Å². The largest absolute Gasteiger partial charge is 0.508 e. The lowest BCUT2D eigenvalue weighted by atomic mass is 9.55. The summed E-state index contributed by atoms with van der Waals surface area (Å²) in [6, 6.07) is 15.3. The summed E-state index contributed by atoms with van der Waals surface area (Å²) in [6.45, 7) is 8.36. The van der Waals surface area contributed by atoms with Gasteiger partial charge in [-0.15, -0.1) is 13.2 Å². The van der Waals surface area contributed by atoms with E-state index in [1.54, 1.807) is 0 Å². The molecule has 0 bridgehead atoms. The molecule has 0 amide bonds. The van der Waals surface area contributed by atoms with Crippen LogP contribution in [0, 0.1) is 17.3 Å². The molecule has 1 N–H and O–H groups in total. The second kappa shape index (κ2) is 8.29. The van der Waals surface area contributed by atoms with Crippen molar-refractivity contribution in [2.45, 2.75) is 57.5 Å². The molecule has 0 aliphatic heterocycles. The monoisotopic (exact) mass is 404 g/mol. The first-order chi connectivity index (χ1) is 14.6. The highest BCUT2D eigenvalue weighted by Crippen LogP contribution is 2.61. The van der Waals surface area contributed by atoms with E-state index in [1.165, 1.54) is 17.5 Å². The molecule has 2 aromatic rings. The third-order valence-corrected chi connectivity index (χ3v) is 7.88. The third kappa shape index (κ3) is 3.45. The zero-order chi connectivity index (χ0) is 21.3. The van der Waals surface area contributed by atoms with E-state index in [1.807, 2.05) is 42.5 Å². The first kappa shape index (κ1) is 20.7. The Hall–Kier alpha value is -2.55. The SMILES string of the molecule is C=C.CC12CCC3c4ccc(O)cc4CCC3C1CCC2OC(=O)c1ccccc1. The maximum absolute atomic E-state index is 12.6. The summed E-state index contributed by atoms with van der Waals surface area (Å²) in [4.78, 5) is 12.6. The number of aromatic hydroxyl groups is 1. The summed E-state index contributed by atoms with van der Waals surface area (Å²) in [5, 5.41) is 9.84. The van der Waals surface area contributed by atoms with Crippen LogP contribution in [0.15, 0.2) is 61.7 Å². The number of hydrogen-bond donors (Lipinski definition) is 1. The molecule has 2 saturated carbocycles. The molecule has 2 fully saturated rings. The van der Waals surface area contributed by atoms with Gasteiger partial charge in [-0.2, -0.15) is 0 Å². The van der Waals surface area contributed by atoms with Crippen LogP contribution >= 0.6 is 0 Å². The number of rotatable bonds is 2. The van der Waals surface area contributed by atoms with Gasteiger partial charge in [0.15, 0.2) is 0 Å². The molecular formula is C27H32O3. The van der Waals surface area contributed by atoms with Crippen molar-refractivity contribution in [1.29, 1.82) is 0 Å². The highest BCUT2D eigenvalue weighted by atomic mass is 16.5. The molecule has 5 unspecified atom stereocenters. The zero-order valence-corrected chi connectivity index (χ0v) is 17.8. The molecule has 3 nitrogen and oxygen atoms in total. The lowest BCUT2D eigenvalue weighted by Crippen LogP contribution is -2.45. The Balaban J connectivity index is 0.00000106. The Bertz CT molecular complexity index is 906. The van der Waals surface area contributed by atoms with Crippen LogP contribution in [0.2, 0.25) is 0 Å². The minimum absolute atomic E-state index is 0.0207. The highest BCUT2D eigenvalue weighted by Gasteiger charge is 2.56. The Kier molecular flexibility index (Phi) is 5.73. The first-order valence-electron chi connectivity index (χ1n) is 11.1. The summed E-state index contributed by atoms with van der Waals surface area (Å²) >= 11 is 0. The minimum atomic E-state index is -0.181. The number of aryl methyl sites for hydroxylation is 1. The molecule has 5 atom stereocenters. The Morgan fingerprint density at radius 1 is 1.07 bits per heavy atom. The van der Waals surface area contributed by atoms with Gasteiger partial charge in [0, 0.05) is 5.41 Å². The number of ether oxygens (including phenoxy) is 1. The summed E-state index contributed by atoms with van der Waals surface area (Å²) < 4.78 is 6.06. The van der Waals surface area contributed by atoms with Crippen LogP contribution in [-0.4, -0.2) is 17.2 Å². The zero-order valence-electron chi connectivity index (χ0n) is 17.8. The predicted molar refractivity (Wildman–Crippen MR) is 120 cm³/mol. The fraction of sp³-hybridized carbons (Fsp3) is 0.444. The van der Waals surface area contributed by atoms with E-state index in [0.29, 0.717) is 29.1 Å². The second-order valence-corrected chi connectivity index (χ2v) is 9.18. The summed E-state index contributed by atoms with van der Waals surface area (Å²) in [7, 11) is 0. The highest BCUT2D eigenvalue weighted by molar-refractivity contribution is 5.89. The molecule has 3 heteroatoms. The van der Waals surface area contributed by atoms with E-state index in [-0.39, 0.29) is 17.5 Å². The van der Waals surface area contributed by atoms with Crippen LogP contribution in [0.5, 0.6) is 5.75 Å². The van der Waals surface area contributed by atoms with Crippen molar-refractivity contribution in [2.24, 2.45) is 17.3 Å². The van der Waals surface area contributed by atoms with Gasteiger partial charge in [0.05, 0.1) is 5.56 Å². The third-order valence-electron chi connectivity index (χ3n) is 7.88. The number of carbonyl (C=O) groups excluding carboxylic acids is 1. The van der Waals surface area contributed by atoms with Gasteiger partial charge in [0.25, 0.3) is 0 Å². The number of hydrogen-bond acceptors (Lipinski definition) is 3. The summed E-state index contributed by atoms with van der Waals surface area (Å²) in [5.41, 5.74) is 3.51. The molecule has 0 saturated heterocycles. The van der Waals surface area contributed by atoms with E-state index >= 15 is 0 Å². The maximum Gasteiger partial charge on any atom is 0.338 e. The Morgan fingerprint density at radius 2 is 1.83 bits per heavy atom. The summed E-state index contributed by atoms with van der Waals surface area (Å²) in [5.74, 6) is 2.06. The molecule has 5 rings (SSSR count). The van der Waals surface area contributed by atoms with E-state index in [4.69, 9.17) is 4.74 Å². The molecule has 2 aromatic carbocycles. The number of esters is 1. The van der Waals surface area contributed by atoms with Gasteiger partial charge >= 0.3 is 5.97 Å². The average Bonchev–Trinajstić information content (AvgIpc) is 3.11. The molecular weight excluding hydrogens is 372 g/mol. The predicted octanol–water partition coefficient (Wildman–Crippen LogP) is 6.28. The topological polar surface area (TPSA) is 46.5 Å². The van der Waals surface area contributed by atoms with E-state index < -0.39 is 0 Å². The number of phenolic OH excluding ortho intramolecular Hbond substituents is 1. The van der Waals surface area contributed by atoms with Crippen molar-refractivity contribution in [3.05, 3.63) is 78.4 Å². The number of benzene rings is 2. The van der Waals surface area contributed by atoms with Gasteiger partial charge in [0.1, 0.15) is 11.9 Å². The van der Waals surface area contributed by atoms with Crippen LogP contribution in [0.4, 0.5) is 0 Å². The van der Waals surface area contributed by atoms with Crippen LogP contribution < -0.4 is 0 Å². The van der Waals surface area contributed by atoms with E-state index in [0.717, 1.165) is 32.1 Å². The Morgan fingerprint density at radius 3 is 2.60 bits per heavy atom. The number of carbonyl (C=O) groups is 1. The van der Waals surface area contributed by atoms with Gasteiger partial charge in [-0.25, -0.2) is 4.79 Å². The maximum atomic E-state index is 12.6. The van der Waals surface area contributed by atoms with Gasteiger partial charge < -0.3 is 9.84 Å². The molecule has 158 valence electrons. The molecule has 30 heavy (non-hydrogen) atoms. The van der Waals surface area contributed by atoms with Crippen molar-refractivity contribution < 1.29 is 14.6 Å². The standard InChI is InChI=1S/C25H28O3.C2H4/c1-25-14-13-20-19-10-8-18(26)15-17(19)7-9-21(20)22(25)11-12-23(25)28-24(27)16-5-3-2-4-6-16;1-2/h2-6,8,10,15,20-23,26H,7,9,11-14H2,1H3;1-2H2. The van der Waals surface area contributed by atoms with Gasteiger partial charge in [-0.3, -0.25) is 0 Å². The van der Waals surface area contributed by atoms with Crippen LogP contribution in [-0.2, 0) is 11.2 Å². The molecule has 3 aliphatic carbocycles. The molecule has 0 aromatic heterocycles. The van der Waals surface area contributed by atoms with Gasteiger partial charge in [-0.05, 0) is 91.7 Å². The summed E-state index contributed by atoms with van der Waals surface area (Å²) in [6.07, 6.45) is 6.63. The molecule has 3 aliphatic rings. The minimum Gasteiger partial charge on any atom is -0.508 e. The fourth-order valence-corrected chi connectivity index (χ4v) is 6.49. The van der Waals surface area contributed by atoms with Gasteiger partial charge in [-0.1, -0.05) is 31.2 Å². The van der Waals surface area contributed by atoms with Crippen molar-refractivity contribution in [3.63, 3.8) is 0 Å². The average molecular weight is 405 g/mol. The first-order valence-corrected chi connectivity index (χ1v) is 11.1. The smallest absolute Gasteiger partial charge is 0.338 e. The van der Waals surface area contributed by atoms with Crippen LogP contribution in [0.3, 0.4) is 0 Å². The molecule has 0 spiro atoms. The quantitative estimate of drug-likeness (QED) is 0.473. The number of phenols is 1. The normalized spacial score (nSPS) is 31.4. The van der Waals surface area contributed by atoms with E-state index in [9.17, 15) is 9.90 Å². The van der Waals surface area contributed by atoms with Crippen molar-refractivity contribution in [1.82, 2.24) is 0 Å². The lowest BCUT2D eigenvalue weighted by molar-refractivity contribution is -0.0427. The van der Waals surface area contributed by atoms with Crippen LogP contribution in [0.25, 0.3) is 0 Å². The fourth-order valence-electron chi connectivity index (χ4n) is 6.49. The van der Waals surface area contributed by atoms with Crippen molar-refractivity contribution in [3.8, 4) is 5.75 Å². The van der Waals surface area contributed by atoms with Crippen molar-refractivity contribution >= 4 is 5.97 Å².